The molecule has 2 unspecified atom stereocenters. The first-order valence-electron chi connectivity index (χ1n) is 7.43. The van der Waals surface area contributed by atoms with Gasteiger partial charge in [0.05, 0.1) is 11.5 Å². The zero-order chi connectivity index (χ0) is 15.5. The van der Waals surface area contributed by atoms with Crippen molar-refractivity contribution in [2.75, 3.05) is 19.7 Å². The van der Waals surface area contributed by atoms with Crippen molar-refractivity contribution < 1.29 is 13.2 Å². The van der Waals surface area contributed by atoms with Crippen LogP contribution in [-0.4, -0.2) is 38.5 Å². The van der Waals surface area contributed by atoms with Crippen molar-refractivity contribution in [3.05, 3.63) is 24.3 Å². The van der Waals surface area contributed by atoms with Crippen LogP contribution in [0.3, 0.4) is 0 Å². The van der Waals surface area contributed by atoms with Gasteiger partial charge in [-0.15, -0.1) is 0 Å². The van der Waals surface area contributed by atoms with Crippen molar-refractivity contribution >= 4 is 10.0 Å². The molecule has 1 fully saturated rings. The van der Waals surface area contributed by atoms with Crippen LogP contribution in [0.4, 0.5) is 0 Å². The van der Waals surface area contributed by atoms with Crippen molar-refractivity contribution in [3.63, 3.8) is 0 Å². The fraction of sp³-hybridized carbons (Fsp3) is 0.600. The first kappa shape index (κ1) is 16.3. The molecule has 0 saturated carbocycles. The van der Waals surface area contributed by atoms with Gasteiger partial charge in [-0.1, -0.05) is 0 Å². The van der Waals surface area contributed by atoms with Gasteiger partial charge < -0.3 is 10.5 Å². The second-order valence-electron chi connectivity index (χ2n) is 5.51. The van der Waals surface area contributed by atoms with Crippen molar-refractivity contribution in [2.24, 2.45) is 11.7 Å². The lowest BCUT2D eigenvalue weighted by molar-refractivity contribution is 0.211. The van der Waals surface area contributed by atoms with Crippen LogP contribution in [0.5, 0.6) is 5.75 Å². The van der Waals surface area contributed by atoms with Gasteiger partial charge in [-0.05, 0) is 63.4 Å². The fourth-order valence-electron chi connectivity index (χ4n) is 2.68. The summed E-state index contributed by atoms with van der Waals surface area (Å²) in [5.74, 6) is 0.932. The van der Waals surface area contributed by atoms with E-state index in [9.17, 15) is 8.42 Å². The monoisotopic (exact) mass is 312 g/mol. The van der Waals surface area contributed by atoms with E-state index in [2.05, 4.69) is 0 Å². The Hall–Kier alpha value is -1.11. The summed E-state index contributed by atoms with van der Waals surface area (Å²) in [6.07, 6.45) is 1.85. The van der Waals surface area contributed by atoms with E-state index in [-0.39, 0.29) is 12.0 Å². The molecule has 5 nitrogen and oxygen atoms in total. The summed E-state index contributed by atoms with van der Waals surface area (Å²) in [4.78, 5) is 0.315. The molecule has 118 valence electrons. The maximum atomic E-state index is 12.8. The van der Waals surface area contributed by atoms with Gasteiger partial charge >= 0.3 is 0 Å². The third-order valence-corrected chi connectivity index (χ3v) is 5.99. The first-order valence-corrected chi connectivity index (χ1v) is 8.87. The van der Waals surface area contributed by atoms with Gasteiger partial charge in [0.25, 0.3) is 0 Å². The number of piperidine rings is 1. The van der Waals surface area contributed by atoms with Crippen LogP contribution >= 0.6 is 0 Å². The van der Waals surface area contributed by atoms with E-state index in [0.717, 1.165) is 12.8 Å². The van der Waals surface area contributed by atoms with Gasteiger partial charge in [-0.25, -0.2) is 8.42 Å². The minimum absolute atomic E-state index is 0.0179. The molecule has 1 aliphatic heterocycles. The molecule has 2 rings (SSSR count). The Balaban J connectivity index is 2.23. The summed E-state index contributed by atoms with van der Waals surface area (Å²) in [7, 11) is -3.46. The van der Waals surface area contributed by atoms with Crippen molar-refractivity contribution in [1.29, 1.82) is 0 Å². The number of sulfonamides is 1. The maximum absolute atomic E-state index is 12.8. The molecule has 0 aliphatic carbocycles. The van der Waals surface area contributed by atoms with Gasteiger partial charge in [0.1, 0.15) is 5.75 Å². The molecule has 1 aromatic rings. The van der Waals surface area contributed by atoms with Crippen LogP contribution in [0, 0.1) is 5.92 Å². The molecule has 2 atom stereocenters. The number of hydrogen-bond donors (Lipinski definition) is 1. The zero-order valence-corrected chi connectivity index (χ0v) is 13.5. The first-order chi connectivity index (χ1) is 9.98. The fourth-order valence-corrected chi connectivity index (χ4v) is 4.42. The number of benzene rings is 1. The van der Waals surface area contributed by atoms with Crippen LogP contribution in [0.1, 0.15) is 26.7 Å². The van der Waals surface area contributed by atoms with E-state index in [1.165, 1.54) is 0 Å². The van der Waals surface area contributed by atoms with Crippen LogP contribution < -0.4 is 10.5 Å². The number of ether oxygens (including phenoxy) is 1. The SMILES string of the molecule is CCOc1ccc(S(=O)(=O)N2CC(CN)CCC2C)cc1. The minimum atomic E-state index is -3.46. The van der Waals surface area contributed by atoms with Gasteiger partial charge in [-0.3, -0.25) is 0 Å². The van der Waals surface area contributed by atoms with E-state index in [1.807, 2.05) is 13.8 Å². The Morgan fingerprint density at radius 3 is 2.52 bits per heavy atom. The molecule has 0 amide bonds. The second-order valence-corrected chi connectivity index (χ2v) is 7.40. The molecule has 0 aromatic heterocycles. The Bertz CT molecular complexity index is 557. The lowest BCUT2D eigenvalue weighted by atomic mass is 9.96. The minimum Gasteiger partial charge on any atom is -0.494 e. The molecule has 1 aliphatic rings. The van der Waals surface area contributed by atoms with Gasteiger partial charge in [0.2, 0.25) is 10.0 Å². The average molecular weight is 312 g/mol. The molecular formula is C15H24N2O3S. The predicted molar refractivity (Wildman–Crippen MR) is 82.7 cm³/mol. The standard InChI is InChI=1S/C15H24N2O3S/c1-3-20-14-6-8-15(9-7-14)21(18,19)17-11-13(10-16)5-4-12(17)2/h6-9,12-13H,3-5,10-11,16H2,1-2H3. The smallest absolute Gasteiger partial charge is 0.243 e. The van der Waals surface area contributed by atoms with Gasteiger partial charge in [-0.2, -0.15) is 4.31 Å². The third-order valence-electron chi connectivity index (χ3n) is 4.00. The molecule has 1 saturated heterocycles. The van der Waals surface area contributed by atoms with Gasteiger partial charge in [0, 0.05) is 12.6 Å². The van der Waals surface area contributed by atoms with Crippen LogP contribution in [-0.2, 0) is 10.0 Å². The van der Waals surface area contributed by atoms with Crippen LogP contribution in [0.2, 0.25) is 0 Å². The molecule has 2 N–H and O–H groups in total. The average Bonchev–Trinajstić information content (AvgIpc) is 2.48. The Morgan fingerprint density at radius 1 is 1.29 bits per heavy atom. The molecule has 0 bridgehead atoms. The maximum Gasteiger partial charge on any atom is 0.243 e. The summed E-state index contributed by atoms with van der Waals surface area (Å²) in [6.45, 7) is 5.45. The number of rotatable bonds is 5. The molecule has 21 heavy (non-hydrogen) atoms. The third kappa shape index (κ3) is 3.56. The topological polar surface area (TPSA) is 72.6 Å². The highest BCUT2D eigenvalue weighted by atomic mass is 32.2. The highest BCUT2D eigenvalue weighted by Crippen LogP contribution is 2.28. The summed E-state index contributed by atoms with van der Waals surface area (Å²) >= 11 is 0. The number of hydrogen-bond acceptors (Lipinski definition) is 4. The zero-order valence-electron chi connectivity index (χ0n) is 12.7. The summed E-state index contributed by atoms with van der Waals surface area (Å²) in [6, 6.07) is 6.64. The predicted octanol–water partition coefficient (Wildman–Crippen LogP) is 1.83. The summed E-state index contributed by atoms with van der Waals surface area (Å²) in [5, 5.41) is 0. The Kier molecular flexibility index (Phi) is 5.24. The van der Waals surface area contributed by atoms with Crippen molar-refractivity contribution in [3.8, 4) is 5.75 Å². The quantitative estimate of drug-likeness (QED) is 0.900. The summed E-state index contributed by atoms with van der Waals surface area (Å²) in [5.41, 5.74) is 5.71. The Labute approximate surface area is 127 Å². The molecule has 1 aromatic carbocycles. The lowest BCUT2D eigenvalue weighted by Gasteiger charge is -2.36. The van der Waals surface area contributed by atoms with Crippen LogP contribution in [0.25, 0.3) is 0 Å². The van der Waals surface area contributed by atoms with E-state index in [1.54, 1.807) is 28.6 Å². The van der Waals surface area contributed by atoms with Crippen molar-refractivity contribution in [1.82, 2.24) is 4.31 Å². The highest BCUT2D eigenvalue weighted by Gasteiger charge is 2.34. The normalized spacial score (nSPS) is 24.0. The molecule has 6 heteroatoms. The Morgan fingerprint density at radius 2 is 1.95 bits per heavy atom. The second kappa shape index (κ2) is 6.77. The molecule has 0 spiro atoms. The van der Waals surface area contributed by atoms with Gasteiger partial charge in [0.15, 0.2) is 0 Å². The molecule has 0 radical (unpaired) electrons. The number of nitrogens with two attached hydrogens (primary N) is 1. The largest absolute Gasteiger partial charge is 0.494 e. The summed E-state index contributed by atoms with van der Waals surface area (Å²) < 4.78 is 32.5. The molecule has 1 heterocycles. The van der Waals surface area contributed by atoms with Crippen molar-refractivity contribution in [2.45, 2.75) is 37.6 Å². The van der Waals surface area contributed by atoms with Crippen LogP contribution in [0.15, 0.2) is 29.2 Å². The molecular weight excluding hydrogens is 288 g/mol. The van der Waals surface area contributed by atoms with E-state index >= 15 is 0 Å². The highest BCUT2D eigenvalue weighted by molar-refractivity contribution is 7.89. The lowest BCUT2D eigenvalue weighted by Crippen LogP contribution is -2.46. The number of nitrogens with zero attached hydrogens (tertiary/aromatic N) is 1. The van der Waals surface area contributed by atoms with E-state index in [0.29, 0.717) is 30.3 Å². The van der Waals surface area contributed by atoms with E-state index in [4.69, 9.17) is 10.5 Å². The van der Waals surface area contributed by atoms with E-state index < -0.39 is 10.0 Å².